The Morgan fingerprint density at radius 3 is 2.42 bits per heavy atom. The van der Waals surface area contributed by atoms with Crippen LogP contribution in [0.15, 0.2) is 42.5 Å². The van der Waals surface area contributed by atoms with Crippen molar-refractivity contribution in [1.82, 2.24) is 0 Å². The van der Waals surface area contributed by atoms with Crippen molar-refractivity contribution >= 4 is 5.69 Å². The summed E-state index contributed by atoms with van der Waals surface area (Å²) in [6, 6.07) is 16.5. The maximum Gasteiger partial charge on any atom is 0.0991 e. The molecule has 0 fully saturated rings. The van der Waals surface area contributed by atoms with Crippen LogP contribution in [-0.2, 0) is 13.0 Å². The van der Waals surface area contributed by atoms with Crippen molar-refractivity contribution in [3.63, 3.8) is 0 Å². The van der Waals surface area contributed by atoms with Crippen LogP contribution in [0.5, 0.6) is 0 Å². The summed E-state index contributed by atoms with van der Waals surface area (Å²) in [4.78, 5) is 0. The van der Waals surface area contributed by atoms with Gasteiger partial charge in [0.05, 0.1) is 11.6 Å². The molecule has 0 aliphatic rings. The first-order valence-electron chi connectivity index (χ1n) is 6.55. The minimum absolute atomic E-state index is 0.716. The zero-order chi connectivity index (χ0) is 13.7. The lowest BCUT2D eigenvalue weighted by molar-refractivity contribution is 1.11. The third-order valence-corrected chi connectivity index (χ3v) is 3.32. The lowest BCUT2D eigenvalue weighted by Gasteiger charge is -2.10. The predicted octanol–water partition coefficient (Wildman–Crippen LogP) is 4.04. The number of nitrogens with zero attached hydrogens (tertiary/aromatic N) is 1. The summed E-state index contributed by atoms with van der Waals surface area (Å²) >= 11 is 0. The van der Waals surface area contributed by atoms with Gasteiger partial charge in [0.2, 0.25) is 0 Å². The maximum atomic E-state index is 8.84. The Morgan fingerprint density at radius 1 is 1.11 bits per heavy atom. The van der Waals surface area contributed by atoms with Gasteiger partial charge in [0.25, 0.3) is 0 Å². The fraction of sp³-hybridized carbons (Fsp3) is 0.235. The lowest BCUT2D eigenvalue weighted by atomic mass is 10.1. The van der Waals surface area contributed by atoms with Crippen molar-refractivity contribution < 1.29 is 0 Å². The number of aryl methyl sites for hydroxylation is 2. The molecule has 0 unspecified atom stereocenters. The Morgan fingerprint density at radius 2 is 1.84 bits per heavy atom. The van der Waals surface area contributed by atoms with Crippen LogP contribution in [0.4, 0.5) is 5.69 Å². The number of hydrogen-bond acceptors (Lipinski definition) is 2. The highest BCUT2D eigenvalue weighted by Gasteiger charge is 2.00. The van der Waals surface area contributed by atoms with Crippen LogP contribution in [0.3, 0.4) is 0 Å². The van der Waals surface area contributed by atoms with Crippen LogP contribution < -0.4 is 5.32 Å². The number of benzene rings is 2. The number of hydrogen-bond donors (Lipinski definition) is 1. The molecule has 0 saturated heterocycles. The zero-order valence-electron chi connectivity index (χ0n) is 11.4. The van der Waals surface area contributed by atoms with Crippen molar-refractivity contribution in [3.8, 4) is 6.07 Å². The molecule has 2 aromatic rings. The van der Waals surface area contributed by atoms with E-state index in [1.807, 2.05) is 25.1 Å². The van der Waals surface area contributed by atoms with E-state index in [4.69, 9.17) is 5.26 Å². The highest BCUT2D eigenvalue weighted by molar-refractivity contribution is 5.46. The van der Waals surface area contributed by atoms with Crippen LogP contribution >= 0.6 is 0 Å². The summed E-state index contributed by atoms with van der Waals surface area (Å²) in [6.07, 6.45) is 1.06. The first kappa shape index (κ1) is 13.2. The van der Waals surface area contributed by atoms with E-state index >= 15 is 0 Å². The molecule has 0 bridgehead atoms. The number of rotatable bonds is 4. The first-order valence-corrected chi connectivity index (χ1v) is 6.55. The second kappa shape index (κ2) is 6.06. The van der Waals surface area contributed by atoms with Gasteiger partial charge < -0.3 is 5.32 Å². The van der Waals surface area contributed by atoms with Crippen molar-refractivity contribution in [3.05, 3.63) is 64.7 Å². The quantitative estimate of drug-likeness (QED) is 0.888. The molecule has 0 heterocycles. The van der Waals surface area contributed by atoms with Gasteiger partial charge in [0.15, 0.2) is 0 Å². The summed E-state index contributed by atoms with van der Waals surface area (Å²) < 4.78 is 0. The monoisotopic (exact) mass is 250 g/mol. The van der Waals surface area contributed by atoms with Gasteiger partial charge in [-0.05, 0) is 54.3 Å². The van der Waals surface area contributed by atoms with Gasteiger partial charge in [-0.1, -0.05) is 25.1 Å². The predicted molar refractivity (Wildman–Crippen MR) is 79.0 cm³/mol. The number of nitrogens with one attached hydrogen (secondary N) is 1. The molecule has 0 amide bonds. The lowest BCUT2D eigenvalue weighted by Crippen LogP contribution is -2.01. The molecule has 1 N–H and O–H groups in total. The highest BCUT2D eigenvalue weighted by Crippen LogP contribution is 2.15. The Kier molecular flexibility index (Phi) is 4.20. The molecule has 0 radical (unpaired) electrons. The van der Waals surface area contributed by atoms with Crippen molar-refractivity contribution in [2.24, 2.45) is 0 Å². The van der Waals surface area contributed by atoms with Crippen molar-refractivity contribution in [1.29, 1.82) is 5.26 Å². The number of nitriles is 1. The van der Waals surface area contributed by atoms with E-state index in [1.165, 1.54) is 11.1 Å². The average molecular weight is 250 g/mol. The van der Waals surface area contributed by atoms with Crippen LogP contribution in [0.25, 0.3) is 0 Å². The Balaban J connectivity index is 2.04. The van der Waals surface area contributed by atoms with Crippen LogP contribution in [-0.4, -0.2) is 0 Å². The minimum atomic E-state index is 0.716. The average Bonchev–Trinajstić information content (AvgIpc) is 2.46. The Labute approximate surface area is 114 Å². The van der Waals surface area contributed by atoms with Gasteiger partial charge >= 0.3 is 0 Å². The molecule has 0 aromatic heterocycles. The summed E-state index contributed by atoms with van der Waals surface area (Å²) in [5, 5.41) is 12.3. The molecule has 0 atom stereocenters. The smallest absolute Gasteiger partial charge is 0.0991 e. The maximum absolute atomic E-state index is 8.84. The van der Waals surface area contributed by atoms with E-state index in [9.17, 15) is 0 Å². The molecule has 2 heteroatoms. The molecule has 2 nitrogen and oxygen atoms in total. The van der Waals surface area contributed by atoms with Gasteiger partial charge in [-0.25, -0.2) is 0 Å². The normalized spacial score (nSPS) is 9.95. The van der Waals surface area contributed by atoms with Gasteiger partial charge in [0, 0.05) is 12.2 Å². The summed E-state index contributed by atoms with van der Waals surface area (Å²) in [7, 11) is 0. The summed E-state index contributed by atoms with van der Waals surface area (Å²) in [6.45, 7) is 4.98. The zero-order valence-corrected chi connectivity index (χ0v) is 11.4. The van der Waals surface area contributed by atoms with E-state index in [0.717, 1.165) is 24.2 Å². The minimum Gasteiger partial charge on any atom is -0.381 e. The Hall–Kier alpha value is -2.27. The SMILES string of the molecule is CCc1ccc(NCc2ccc(C#N)cc2C)cc1. The van der Waals surface area contributed by atoms with E-state index in [2.05, 4.69) is 42.6 Å². The van der Waals surface area contributed by atoms with Gasteiger partial charge in [-0.2, -0.15) is 5.26 Å². The molecular weight excluding hydrogens is 232 g/mol. The molecule has 0 aliphatic carbocycles. The molecular formula is C17H18N2. The van der Waals surface area contributed by atoms with Gasteiger partial charge in [-0.15, -0.1) is 0 Å². The highest BCUT2D eigenvalue weighted by atomic mass is 14.9. The van der Waals surface area contributed by atoms with E-state index < -0.39 is 0 Å². The molecule has 96 valence electrons. The standard InChI is InChI=1S/C17H18N2/c1-3-14-5-8-17(9-6-14)19-12-16-7-4-15(11-18)10-13(16)2/h4-10,19H,3,12H2,1-2H3. The summed E-state index contributed by atoms with van der Waals surface area (Å²) in [5.41, 5.74) is 5.56. The molecule has 2 aromatic carbocycles. The van der Waals surface area contributed by atoms with E-state index in [1.54, 1.807) is 0 Å². The number of anilines is 1. The van der Waals surface area contributed by atoms with Gasteiger partial charge in [0.1, 0.15) is 0 Å². The van der Waals surface area contributed by atoms with Crippen molar-refractivity contribution in [2.75, 3.05) is 5.32 Å². The topological polar surface area (TPSA) is 35.8 Å². The molecule has 0 spiro atoms. The third-order valence-electron chi connectivity index (χ3n) is 3.32. The molecule has 0 saturated carbocycles. The Bertz CT molecular complexity index is 592. The van der Waals surface area contributed by atoms with Crippen LogP contribution in [0, 0.1) is 18.3 Å². The fourth-order valence-corrected chi connectivity index (χ4v) is 2.02. The first-order chi connectivity index (χ1) is 9.22. The van der Waals surface area contributed by atoms with Gasteiger partial charge in [-0.3, -0.25) is 0 Å². The van der Waals surface area contributed by atoms with Crippen LogP contribution in [0.2, 0.25) is 0 Å². The van der Waals surface area contributed by atoms with E-state index in [-0.39, 0.29) is 0 Å². The molecule has 19 heavy (non-hydrogen) atoms. The van der Waals surface area contributed by atoms with Crippen LogP contribution in [0.1, 0.15) is 29.2 Å². The second-order valence-corrected chi connectivity index (χ2v) is 4.66. The molecule has 0 aliphatic heterocycles. The largest absolute Gasteiger partial charge is 0.381 e. The second-order valence-electron chi connectivity index (χ2n) is 4.66. The fourth-order valence-electron chi connectivity index (χ4n) is 2.02. The third kappa shape index (κ3) is 3.35. The van der Waals surface area contributed by atoms with E-state index in [0.29, 0.717) is 5.56 Å². The van der Waals surface area contributed by atoms with Crippen molar-refractivity contribution in [2.45, 2.75) is 26.8 Å². The summed E-state index contributed by atoms with van der Waals surface area (Å²) in [5.74, 6) is 0. The molecule has 2 rings (SSSR count).